The van der Waals surface area contributed by atoms with Crippen molar-refractivity contribution in [3.63, 3.8) is 0 Å². The number of carbonyl (C=O) groups is 1. The van der Waals surface area contributed by atoms with E-state index in [0.717, 1.165) is 24.2 Å². The summed E-state index contributed by atoms with van der Waals surface area (Å²) in [6.07, 6.45) is 2.57. The third-order valence-corrected chi connectivity index (χ3v) is 2.23. The van der Waals surface area contributed by atoms with Gasteiger partial charge in [-0.2, -0.15) is 0 Å². The topological polar surface area (TPSA) is 41.1 Å². The molecule has 0 aliphatic heterocycles. The van der Waals surface area contributed by atoms with Crippen LogP contribution < -0.4 is 10.6 Å². The highest BCUT2D eigenvalue weighted by Gasteiger charge is 2.04. The van der Waals surface area contributed by atoms with Gasteiger partial charge in [-0.05, 0) is 18.6 Å². The number of hydrogen-bond acceptors (Lipinski definition) is 2. The summed E-state index contributed by atoms with van der Waals surface area (Å²) in [6.45, 7) is 2.08. The van der Waals surface area contributed by atoms with Gasteiger partial charge < -0.3 is 10.6 Å². The highest BCUT2D eigenvalue weighted by atomic mass is 16.1. The molecule has 0 fully saturated rings. The Morgan fingerprint density at radius 2 is 1.93 bits per heavy atom. The fraction of sp³-hybridized carbons (Fsp3) is 0.417. The van der Waals surface area contributed by atoms with Gasteiger partial charge in [0.15, 0.2) is 0 Å². The molecule has 0 saturated carbocycles. The van der Waals surface area contributed by atoms with E-state index < -0.39 is 0 Å². The molecule has 0 atom stereocenters. The molecule has 0 radical (unpaired) electrons. The third-order valence-electron chi connectivity index (χ3n) is 2.23. The summed E-state index contributed by atoms with van der Waals surface area (Å²) in [5, 5.41) is 5.94. The van der Waals surface area contributed by atoms with E-state index in [1.165, 1.54) is 0 Å². The Morgan fingerprint density at radius 1 is 1.27 bits per heavy atom. The van der Waals surface area contributed by atoms with Crippen molar-refractivity contribution in [3.8, 4) is 0 Å². The summed E-state index contributed by atoms with van der Waals surface area (Å²) < 4.78 is 0. The highest BCUT2D eigenvalue weighted by molar-refractivity contribution is 5.94. The zero-order chi connectivity index (χ0) is 11.1. The van der Waals surface area contributed by atoms with Crippen LogP contribution in [0.5, 0.6) is 0 Å². The van der Waals surface area contributed by atoms with Gasteiger partial charge in [0.05, 0.1) is 11.4 Å². The number of benzene rings is 1. The molecule has 15 heavy (non-hydrogen) atoms. The van der Waals surface area contributed by atoms with E-state index in [2.05, 4.69) is 17.6 Å². The molecule has 0 aliphatic rings. The van der Waals surface area contributed by atoms with Crippen molar-refractivity contribution in [2.45, 2.75) is 26.2 Å². The second-order valence-corrected chi connectivity index (χ2v) is 3.45. The summed E-state index contributed by atoms with van der Waals surface area (Å²) >= 11 is 0. The fourth-order valence-corrected chi connectivity index (χ4v) is 1.36. The molecule has 3 heteroatoms. The van der Waals surface area contributed by atoms with Crippen LogP contribution in [0.25, 0.3) is 0 Å². The smallest absolute Gasteiger partial charge is 0.224 e. The van der Waals surface area contributed by atoms with E-state index in [0.29, 0.717) is 6.42 Å². The lowest BCUT2D eigenvalue weighted by atomic mass is 10.2. The number of nitrogens with one attached hydrogen (secondary N) is 2. The minimum Gasteiger partial charge on any atom is -0.386 e. The maximum absolute atomic E-state index is 11.5. The predicted molar refractivity (Wildman–Crippen MR) is 64.1 cm³/mol. The Morgan fingerprint density at radius 3 is 2.53 bits per heavy atom. The molecule has 0 spiro atoms. The largest absolute Gasteiger partial charge is 0.386 e. The van der Waals surface area contributed by atoms with Crippen molar-refractivity contribution in [1.82, 2.24) is 0 Å². The van der Waals surface area contributed by atoms with E-state index in [9.17, 15) is 4.79 Å². The van der Waals surface area contributed by atoms with Crippen LogP contribution in [-0.2, 0) is 4.79 Å². The maximum atomic E-state index is 11.5. The molecule has 0 aliphatic carbocycles. The molecule has 1 aromatic carbocycles. The minimum absolute atomic E-state index is 0.0829. The zero-order valence-corrected chi connectivity index (χ0v) is 9.34. The summed E-state index contributed by atoms with van der Waals surface area (Å²) in [7, 11) is 1.84. The Hall–Kier alpha value is -1.51. The number of hydrogen-bond donors (Lipinski definition) is 2. The Kier molecular flexibility index (Phi) is 4.68. The first-order chi connectivity index (χ1) is 7.27. The molecule has 0 unspecified atom stereocenters. The Bertz CT molecular complexity index is 323. The molecule has 0 saturated heterocycles. The van der Waals surface area contributed by atoms with E-state index in [4.69, 9.17) is 0 Å². The Labute approximate surface area is 90.9 Å². The summed E-state index contributed by atoms with van der Waals surface area (Å²) in [4.78, 5) is 11.5. The number of carbonyl (C=O) groups excluding carboxylic acids is 1. The minimum atomic E-state index is 0.0829. The normalized spacial score (nSPS) is 9.73. The Balaban J connectivity index is 2.59. The molecule has 0 heterocycles. The van der Waals surface area contributed by atoms with Crippen LogP contribution in [0, 0.1) is 0 Å². The zero-order valence-electron chi connectivity index (χ0n) is 9.34. The van der Waals surface area contributed by atoms with Crippen molar-refractivity contribution in [2.75, 3.05) is 17.7 Å². The van der Waals surface area contributed by atoms with Crippen LogP contribution in [-0.4, -0.2) is 13.0 Å². The van der Waals surface area contributed by atoms with Gasteiger partial charge in [0.1, 0.15) is 0 Å². The molecule has 0 bridgehead atoms. The average Bonchev–Trinajstić information content (AvgIpc) is 2.27. The second kappa shape index (κ2) is 6.06. The quantitative estimate of drug-likeness (QED) is 0.777. The van der Waals surface area contributed by atoms with Crippen LogP contribution in [0.2, 0.25) is 0 Å². The number of unbranched alkanes of at least 4 members (excludes halogenated alkanes) is 1. The van der Waals surface area contributed by atoms with Gasteiger partial charge in [0, 0.05) is 13.5 Å². The van der Waals surface area contributed by atoms with E-state index >= 15 is 0 Å². The van der Waals surface area contributed by atoms with Crippen LogP contribution in [0.1, 0.15) is 26.2 Å². The van der Waals surface area contributed by atoms with Gasteiger partial charge in [-0.3, -0.25) is 4.79 Å². The van der Waals surface area contributed by atoms with Crippen LogP contribution in [0.3, 0.4) is 0 Å². The van der Waals surface area contributed by atoms with Crippen molar-refractivity contribution in [1.29, 1.82) is 0 Å². The SMILES string of the molecule is CCCCC(=O)Nc1ccccc1NC. The summed E-state index contributed by atoms with van der Waals surface area (Å²) in [6, 6.07) is 7.69. The average molecular weight is 206 g/mol. The number of para-hydroxylation sites is 2. The van der Waals surface area contributed by atoms with Crippen LogP contribution in [0.15, 0.2) is 24.3 Å². The lowest BCUT2D eigenvalue weighted by Crippen LogP contribution is -2.12. The first-order valence-electron chi connectivity index (χ1n) is 5.34. The lowest BCUT2D eigenvalue weighted by molar-refractivity contribution is -0.116. The number of anilines is 2. The predicted octanol–water partition coefficient (Wildman–Crippen LogP) is 2.86. The first kappa shape index (κ1) is 11.6. The van der Waals surface area contributed by atoms with Crippen molar-refractivity contribution in [2.24, 2.45) is 0 Å². The van der Waals surface area contributed by atoms with Gasteiger partial charge in [-0.15, -0.1) is 0 Å². The second-order valence-electron chi connectivity index (χ2n) is 3.45. The molecular weight excluding hydrogens is 188 g/mol. The van der Waals surface area contributed by atoms with Gasteiger partial charge in [-0.25, -0.2) is 0 Å². The van der Waals surface area contributed by atoms with Crippen molar-refractivity contribution in [3.05, 3.63) is 24.3 Å². The maximum Gasteiger partial charge on any atom is 0.224 e. The molecule has 1 rings (SSSR count). The van der Waals surface area contributed by atoms with Crippen molar-refractivity contribution >= 4 is 17.3 Å². The molecule has 2 N–H and O–H groups in total. The van der Waals surface area contributed by atoms with Crippen LogP contribution in [0.4, 0.5) is 11.4 Å². The first-order valence-corrected chi connectivity index (χ1v) is 5.34. The lowest BCUT2D eigenvalue weighted by Gasteiger charge is -2.09. The summed E-state index contributed by atoms with van der Waals surface area (Å²) in [5.74, 6) is 0.0829. The number of amides is 1. The molecule has 0 aromatic heterocycles. The molecule has 3 nitrogen and oxygen atoms in total. The van der Waals surface area contributed by atoms with Crippen LogP contribution >= 0.6 is 0 Å². The molecular formula is C12H18N2O. The van der Waals surface area contributed by atoms with Crippen molar-refractivity contribution < 1.29 is 4.79 Å². The van der Waals surface area contributed by atoms with Gasteiger partial charge in [0.2, 0.25) is 5.91 Å². The third kappa shape index (κ3) is 3.62. The number of rotatable bonds is 5. The van der Waals surface area contributed by atoms with Gasteiger partial charge in [-0.1, -0.05) is 25.5 Å². The van der Waals surface area contributed by atoms with E-state index in [1.54, 1.807) is 0 Å². The monoisotopic (exact) mass is 206 g/mol. The fourth-order valence-electron chi connectivity index (χ4n) is 1.36. The summed E-state index contributed by atoms with van der Waals surface area (Å²) in [5.41, 5.74) is 1.79. The van der Waals surface area contributed by atoms with E-state index in [1.807, 2.05) is 31.3 Å². The molecule has 1 aromatic rings. The van der Waals surface area contributed by atoms with E-state index in [-0.39, 0.29) is 5.91 Å². The van der Waals surface area contributed by atoms with Gasteiger partial charge in [0.25, 0.3) is 0 Å². The van der Waals surface area contributed by atoms with Gasteiger partial charge >= 0.3 is 0 Å². The molecule has 1 amide bonds. The highest BCUT2D eigenvalue weighted by Crippen LogP contribution is 2.20. The standard InChI is InChI=1S/C12H18N2O/c1-3-4-9-12(15)14-11-8-6-5-7-10(11)13-2/h5-8,13H,3-4,9H2,1-2H3,(H,14,15). The molecule has 82 valence electrons.